The number of carboxylic acid groups (broad SMARTS) is 1. The van der Waals surface area contributed by atoms with Gasteiger partial charge in [0.2, 0.25) is 0 Å². The maximum atomic E-state index is 12.8. The first-order valence-electron chi connectivity index (χ1n) is 5.59. The molecule has 102 valence electrons. The molecule has 2 rings (SSSR count). The zero-order chi connectivity index (χ0) is 14.0. The standard InChI is InChI=1S/C12H11F3N2O2/c13-12(14,15)9-2-1-5-16-10(9)17-6-3-8(4-7-17)11(18)19/h1-3,5H,4,6-7H2,(H,18,19). The van der Waals surface area contributed by atoms with Gasteiger partial charge in [0.1, 0.15) is 5.82 Å². The van der Waals surface area contributed by atoms with Gasteiger partial charge in [0.25, 0.3) is 0 Å². The van der Waals surface area contributed by atoms with Crippen LogP contribution in [0.5, 0.6) is 0 Å². The van der Waals surface area contributed by atoms with Gasteiger partial charge in [-0.25, -0.2) is 9.78 Å². The fraction of sp³-hybridized carbons (Fsp3) is 0.333. The molecular formula is C12H11F3N2O2. The quantitative estimate of drug-likeness (QED) is 0.897. The Labute approximate surface area is 107 Å². The molecule has 1 aliphatic heterocycles. The van der Waals surface area contributed by atoms with Crippen LogP contribution in [0.25, 0.3) is 0 Å². The molecule has 0 aromatic carbocycles. The van der Waals surface area contributed by atoms with E-state index in [0.717, 1.165) is 6.07 Å². The van der Waals surface area contributed by atoms with Crippen LogP contribution in [0, 0.1) is 0 Å². The Morgan fingerprint density at radius 1 is 1.42 bits per heavy atom. The average Bonchev–Trinajstić information content (AvgIpc) is 2.38. The normalized spacial score (nSPS) is 16.2. The van der Waals surface area contributed by atoms with Crippen molar-refractivity contribution in [3.05, 3.63) is 35.5 Å². The summed E-state index contributed by atoms with van der Waals surface area (Å²) in [5.41, 5.74) is -0.581. The van der Waals surface area contributed by atoms with Crippen LogP contribution in [0.4, 0.5) is 19.0 Å². The monoisotopic (exact) mass is 272 g/mol. The molecule has 0 bridgehead atoms. The third kappa shape index (κ3) is 2.86. The van der Waals surface area contributed by atoms with E-state index >= 15 is 0 Å². The molecule has 7 heteroatoms. The van der Waals surface area contributed by atoms with E-state index in [4.69, 9.17) is 5.11 Å². The van der Waals surface area contributed by atoms with Gasteiger partial charge < -0.3 is 10.0 Å². The average molecular weight is 272 g/mol. The second-order valence-electron chi connectivity index (χ2n) is 4.10. The lowest BCUT2D eigenvalue weighted by Gasteiger charge is -2.28. The van der Waals surface area contributed by atoms with Gasteiger partial charge in [0.05, 0.1) is 5.56 Å². The Bertz CT molecular complexity index is 526. The molecule has 0 radical (unpaired) electrons. The van der Waals surface area contributed by atoms with Crippen LogP contribution in [0.2, 0.25) is 0 Å². The smallest absolute Gasteiger partial charge is 0.419 e. The molecule has 19 heavy (non-hydrogen) atoms. The topological polar surface area (TPSA) is 53.4 Å². The van der Waals surface area contributed by atoms with E-state index in [-0.39, 0.29) is 30.9 Å². The SMILES string of the molecule is O=C(O)C1=CCN(c2ncccc2C(F)(F)F)CC1. The van der Waals surface area contributed by atoms with Crippen molar-refractivity contribution in [2.45, 2.75) is 12.6 Å². The number of pyridine rings is 1. The highest BCUT2D eigenvalue weighted by Gasteiger charge is 2.35. The Morgan fingerprint density at radius 3 is 2.68 bits per heavy atom. The minimum absolute atomic E-state index is 0.113. The summed E-state index contributed by atoms with van der Waals surface area (Å²) in [6.45, 7) is 0.319. The highest BCUT2D eigenvalue weighted by atomic mass is 19.4. The molecule has 0 atom stereocenters. The van der Waals surface area contributed by atoms with Crippen LogP contribution in [-0.2, 0) is 11.0 Å². The predicted octanol–water partition coefficient (Wildman–Crippen LogP) is 2.32. The number of anilines is 1. The number of halogens is 3. The van der Waals surface area contributed by atoms with Crippen molar-refractivity contribution in [1.29, 1.82) is 0 Å². The summed E-state index contributed by atoms with van der Waals surface area (Å²) in [4.78, 5) is 15.9. The van der Waals surface area contributed by atoms with E-state index in [2.05, 4.69) is 4.98 Å². The molecule has 0 amide bonds. The van der Waals surface area contributed by atoms with Gasteiger partial charge >= 0.3 is 12.1 Å². The molecule has 0 saturated carbocycles. The maximum absolute atomic E-state index is 12.8. The lowest BCUT2D eigenvalue weighted by atomic mass is 10.1. The summed E-state index contributed by atoms with van der Waals surface area (Å²) in [5, 5.41) is 8.80. The fourth-order valence-corrected chi connectivity index (χ4v) is 1.93. The molecule has 4 nitrogen and oxygen atoms in total. The number of aliphatic carboxylic acids is 1. The van der Waals surface area contributed by atoms with Gasteiger partial charge in [0, 0.05) is 24.9 Å². The first-order chi connectivity index (χ1) is 8.89. The molecular weight excluding hydrogens is 261 g/mol. The van der Waals surface area contributed by atoms with Crippen LogP contribution in [0.15, 0.2) is 30.0 Å². The van der Waals surface area contributed by atoms with E-state index < -0.39 is 17.7 Å². The molecule has 0 spiro atoms. The summed E-state index contributed by atoms with van der Waals surface area (Å²) in [6, 6.07) is 2.20. The maximum Gasteiger partial charge on any atom is 0.419 e. The van der Waals surface area contributed by atoms with Crippen molar-refractivity contribution < 1.29 is 23.1 Å². The summed E-state index contributed by atoms with van der Waals surface area (Å²) in [7, 11) is 0. The number of rotatable bonds is 2. The van der Waals surface area contributed by atoms with E-state index in [1.165, 1.54) is 23.2 Å². The minimum atomic E-state index is -4.47. The Morgan fingerprint density at radius 2 is 2.16 bits per heavy atom. The lowest BCUT2D eigenvalue weighted by Crippen LogP contribution is -2.32. The first kappa shape index (κ1) is 13.4. The van der Waals surface area contributed by atoms with Crippen molar-refractivity contribution in [1.82, 2.24) is 4.98 Å². The molecule has 1 N–H and O–H groups in total. The molecule has 0 aliphatic carbocycles. The van der Waals surface area contributed by atoms with Gasteiger partial charge in [0.15, 0.2) is 0 Å². The van der Waals surface area contributed by atoms with Gasteiger partial charge in [-0.05, 0) is 18.6 Å². The lowest BCUT2D eigenvalue weighted by molar-refractivity contribution is -0.137. The van der Waals surface area contributed by atoms with Gasteiger partial charge in [-0.1, -0.05) is 6.08 Å². The third-order valence-electron chi connectivity index (χ3n) is 2.88. The number of carbonyl (C=O) groups is 1. The Balaban J connectivity index is 2.28. The third-order valence-corrected chi connectivity index (χ3v) is 2.88. The number of aromatic nitrogens is 1. The first-order valence-corrected chi connectivity index (χ1v) is 5.59. The molecule has 1 aromatic rings. The van der Waals surface area contributed by atoms with Crippen LogP contribution >= 0.6 is 0 Å². The molecule has 0 unspecified atom stereocenters. The zero-order valence-electron chi connectivity index (χ0n) is 9.81. The van der Waals surface area contributed by atoms with Gasteiger partial charge in [-0.3, -0.25) is 0 Å². The van der Waals surface area contributed by atoms with Crippen molar-refractivity contribution in [2.24, 2.45) is 0 Å². The number of nitrogens with zero attached hydrogens (tertiary/aromatic N) is 2. The second-order valence-corrected chi connectivity index (χ2v) is 4.10. The van der Waals surface area contributed by atoms with E-state index in [1.54, 1.807) is 0 Å². The summed E-state index contributed by atoms with van der Waals surface area (Å²) >= 11 is 0. The van der Waals surface area contributed by atoms with Gasteiger partial charge in [-0.2, -0.15) is 13.2 Å². The minimum Gasteiger partial charge on any atom is -0.478 e. The molecule has 1 aliphatic rings. The van der Waals surface area contributed by atoms with Crippen molar-refractivity contribution >= 4 is 11.8 Å². The fourth-order valence-electron chi connectivity index (χ4n) is 1.93. The Hall–Kier alpha value is -2.05. The summed E-state index contributed by atoms with van der Waals surface area (Å²) < 4.78 is 38.5. The highest BCUT2D eigenvalue weighted by molar-refractivity contribution is 5.87. The van der Waals surface area contributed by atoms with Crippen LogP contribution < -0.4 is 4.90 Å². The van der Waals surface area contributed by atoms with E-state index in [9.17, 15) is 18.0 Å². The largest absolute Gasteiger partial charge is 0.478 e. The number of hydrogen-bond donors (Lipinski definition) is 1. The summed E-state index contributed by atoms with van der Waals surface area (Å²) in [5.74, 6) is -1.19. The second kappa shape index (κ2) is 4.91. The van der Waals surface area contributed by atoms with Crippen LogP contribution in [0.3, 0.4) is 0 Å². The Kier molecular flexibility index (Phi) is 3.46. The number of alkyl halides is 3. The van der Waals surface area contributed by atoms with Crippen molar-refractivity contribution in [2.75, 3.05) is 18.0 Å². The van der Waals surface area contributed by atoms with Crippen molar-refractivity contribution in [3.8, 4) is 0 Å². The zero-order valence-corrected chi connectivity index (χ0v) is 9.81. The highest BCUT2D eigenvalue weighted by Crippen LogP contribution is 2.35. The summed E-state index contributed by atoms with van der Waals surface area (Å²) in [6.07, 6.45) is -1.56. The van der Waals surface area contributed by atoms with E-state index in [1.807, 2.05) is 0 Å². The number of hydrogen-bond acceptors (Lipinski definition) is 3. The van der Waals surface area contributed by atoms with Crippen molar-refractivity contribution in [3.63, 3.8) is 0 Å². The van der Waals surface area contributed by atoms with E-state index in [0.29, 0.717) is 0 Å². The molecule has 0 saturated heterocycles. The van der Waals surface area contributed by atoms with Crippen LogP contribution in [0.1, 0.15) is 12.0 Å². The molecule has 2 heterocycles. The predicted molar refractivity (Wildman–Crippen MR) is 61.8 cm³/mol. The van der Waals surface area contributed by atoms with Gasteiger partial charge in [-0.15, -0.1) is 0 Å². The molecule has 0 fully saturated rings. The number of carboxylic acids is 1. The molecule has 1 aromatic heterocycles. The van der Waals surface area contributed by atoms with Crippen LogP contribution in [-0.4, -0.2) is 29.1 Å².